The van der Waals surface area contributed by atoms with Gasteiger partial charge in [0.25, 0.3) is 0 Å². The highest BCUT2D eigenvalue weighted by molar-refractivity contribution is 6.17. The number of esters is 1. The van der Waals surface area contributed by atoms with Crippen LogP contribution in [0.2, 0.25) is 0 Å². The van der Waals surface area contributed by atoms with Crippen LogP contribution < -0.4 is 0 Å². The molecule has 0 saturated carbocycles. The summed E-state index contributed by atoms with van der Waals surface area (Å²) in [6.45, 7) is 2.21. The Labute approximate surface area is 134 Å². The molecule has 0 spiro atoms. The number of fused-ring (bicyclic) bond motifs is 5. The highest BCUT2D eigenvalue weighted by Crippen LogP contribution is 2.31. The van der Waals surface area contributed by atoms with E-state index in [0.29, 0.717) is 12.2 Å². The van der Waals surface area contributed by atoms with Gasteiger partial charge in [0.05, 0.1) is 12.2 Å². The predicted octanol–water partition coefficient (Wildman–Crippen LogP) is 5.32. The maximum Gasteiger partial charge on any atom is 0.338 e. The number of ether oxygens (including phenoxy) is 1. The van der Waals surface area contributed by atoms with Crippen molar-refractivity contribution in [3.8, 4) is 0 Å². The minimum Gasteiger partial charge on any atom is -0.462 e. The Balaban J connectivity index is 1.98. The van der Waals surface area contributed by atoms with Crippen LogP contribution in [-0.2, 0) is 4.74 Å². The third-order valence-electron chi connectivity index (χ3n) is 4.25. The summed E-state index contributed by atoms with van der Waals surface area (Å²) in [5, 5.41) is 7.14. The molecule has 0 aliphatic rings. The number of rotatable bonds is 2. The molecular formula is C21H16O2. The summed E-state index contributed by atoms with van der Waals surface area (Å²) in [4.78, 5) is 11.9. The zero-order chi connectivity index (χ0) is 15.8. The average Bonchev–Trinajstić information content (AvgIpc) is 2.60. The molecule has 2 nitrogen and oxygen atoms in total. The zero-order valence-corrected chi connectivity index (χ0v) is 12.9. The molecule has 0 radical (unpaired) electrons. The maximum absolute atomic E-state index is 11.9. The summed E-state index contributed by atoms with van der Waals surface area (Å²) in [6.07, 6.45) is 0. The highest BCUT2D eigenvalue weighted by atomic mass is 16.5. The van der Waals surface area contributed by atoms with E-state index in [9.17, 15) is 4.79 Å². The first kappa shape index (κ1) is 13.8. The van der Waals surface area contributed by atoms with Crippen LogP contribution in [-0.4, -0.2) is 12.6 Å². The van der Waals surface area contributed by atoms with Gasteiger partial charge in [0.15, 0.2) is 0 Å². The molecule has 2 heteroatoms. The number of carbonyl (C=O) groups is 1. The van der Waals surface area contributed by atoms with Crippen LogP contribution in [0.5, 0.6) is 0 Å². The van der Waals surface area contributed by atoms with Crippen molar-refractivity contribution >= 4 is 38.3 Å². The molecule has 0 saturated heterocycles. The lowest BCUT2D eigenvalue weighted by atomic mass is 9.96. The van der Waals surface area contributed by atoms with Crippen molar-refractivity contribution in [2.45, 2.75) is 6.92 Å². The van der Waals surface area contributed by atoms with E-state index in [4.69, 9.17) is 4.74 Å². The fourth-order valence-corrected chi connectivity index (χ4v) is 3.17. The van der Waals surface area contributed by atoms with E-state index in [-0.39, 0.29) is 5.97 Å². The molecule has 4 aromatic rings. The van der Waals surface area contributed by atoms with Gasteiger partial charge in [-0.15, -0.1) is 0 Å². The lowest BCUT2D eigenvalue weighted by Crippen LogP contribution is -2.04. The van der Waals surface area contributed by atoms with Crippen molar-refractivity contribution in [2.75, 3.05) is 6.61 Å². The molecule has 0 atom stereocenters. The van der Waals surface area contributed by atoms with Crippen LogP contribution >= 0.6 is 0 Å². The Morgan fingerprint density at radius 3 is 2.22 bits per heavy atom. The van der Waals surface area contributed by atoms with Crippen LogP contribution in [0.4, 0.5) is 0 Å². The monoisotopic (exact) mass is 300 g/mol. The van der Waals surface area contributed by atoms with Crippen molar-refractivity contribution in [1.29, 1.82) is 0 Å². The first-order valence-corrected chi connectivity index (χ1v) is 7.79. The molecule has 4 aromatic carbocycles. The van der Waals surface area contributed by atoms with Crippen LogP contribution in [0.25, 0.3) is 32.3 Å². The Bertz CT molecular complexity index is 1050. The van der Waals surface area contributed by atoms with Crippen LogP contribution in [0.3, 0.4) is 0 Å². The zero-order valence-electron chi connectivity index (χ0n) is 12.9. The summed E-state index contributed by atoms with van der Waals surface area (Å²) in [6, 6.07) is 22.7. The van der Waals surface area contributed by atoms with Gasteiger partial charge in [-0.2, -0.15) is 0 Å². The molecule has 112 valence electrons. The van der Waals surface area contributed by atoms with E-state index in [2.05, 4.69) is 48.5 Å². The van der Waals surface area contributed by atoms with E-state index >= 15 is 0 Å². The molecule has 0 aliphatic heterocycles. The quantitative estimate of drug-likeness (QED) is 0.370. The Kier molecular flexibility index (Phi) is 3.23. The van der Waals surface area contributed by atoms with Crippen molar-refractivity contribution in [3.63, 3.8) is 0 Å². The molecule has 0 aliphatic carbocycles. The summed E-state index contributed by atoms with van der Waals surface area (Å²) in [5.41, 5.74) is 0.597. The van der Waals surface area contributed by atoms with Gasteiger partial charge in [-0.25, -0.2) is 4.79 Å². The third-order valence-corrected chi connectivity index (χ3v) is 4.25. The number of benzene rings is 4. The van der Waals surface area contributed by atoms with Crippen molar-refractivity contribution in [2.24, 2.45) is 0 Å². The number of carbonyl (C=O) groups excluding carboxylic acids is 1. The molecule has 0 aromatic heterocycles. The molecule has 23 heavy (non-hydrogen) atoms. The Hall–Kier alpha value is -2.87. The SMILES string of the molecule is CCOC(=O)c1ccc2c(ccc3c4ccccc4ccc23)c1. The molecule has 0 amide bonds. The van der Waals surface area contributed by atoms with Crippen LogP contribution in [0.15, 0.2) is 66.7 Å². The van der Waals surface area contributed by atoms with Gasteiger partial charge in [-0.05, 0) is 51.4 Å². The summed E-state index contributed by atoms with van der Waals surface area (Å²) in [5.74, 6) is -0.270. The fourth-order valence-electron chi connectivity index (χ4n) is 3.17. The van der Waals surface area contributed by atoms with E-state index in [1.807, 2.05) is 25.1 Å². The van der Waals surface area contributed by atoms with E-state index < -0.39 is 0 Å². The topological polar surface area (TPSA) is 26.3 Å². The first-order chi connectivity index (χ1) is 11.3. The first-order valence-electron chi connectivity index (χ1n) is 7.79. The number of hydrogen-bond donors (Lipinski definition) is 0. The van der Waals surface area contributed by atoms with Crippen molar-refractivity contribution in [1.82, 2.24) is 0 Å². The van der Waals surface area contributed by atoms with Gasteiger partial charge >= 0.3 is 5.97 Å². The van der Waals surface area contributed by atoms with Crippen LogP contribution in [0.1, 0.15) is 17.3 Å². The van der Waals surface area contributed by atoms with Gasteiger partial charge in [-0.3, -0.25) is 0 Å². The van der Waals surface area contributed by atoms with Gasteiger partial charge in [0, 0.05) is 0 Å². The van der Waals surface area contributed by atoms with E-state index in [1.165, 1.54) is 21.5 Å². The molecule has 0 unspecified atom stereocenters. The second kappa shape index (κ2) is 5.40. The molecular weight excluding hydrogens is 284 g/mol. The summed E-state index contributed by atoms with van der Waals surface area (Å²) >= 11 is 0. The lowest BCUT2D eigenvalue weighted by Gasteiger charge is -2.09. The molecule has 4 rings (SSSR count). The third kappa shape index (κ3) is 2.23. The van der Waals surface area contributed by atoms with E-state index in [0.717, 1.165) is 10.8 Å². The second-order valence-electron chi connectivity index (χ2n) is 5.60. The van der Waals surface area contributed by atoms with Crippen molar-refractivity contribution in [3.05, 3.63) is 72.3 Å². The largest absolute Gasteiger partial charge is 0.462 e. The summed E-state index contributed by atoms with van der Waals surface area (Å²) < 4.78 is 5.08. The highest BCUT2D eigenvalue weighted by Gasteiger charge is 2.09. The minimum atomic E-state index is -0.270. The Morgan fingerprint density at radius 2 is 1.43 bits per heavy atom. The Morgan fingerprint density at radius 1 is 0.783 bits per heavy atom. The van der Waals surface area contributed by atoms with Crippen molar-refractivity contribution < 1.29 is 9.53 Å². The smallest absolute Gasteiger partial charge is 0.338 e. The standard InChI is InChI=1S/C21H16O2/c1-2-23-21(22)16-9-10-18-15(13-16)8-12-19-17-6-4-3-5-14(17)7-11-20(18)19/h3-13H,2H2,1H3. The van der Waals surface area contributed by atoms with Gasteiger partial charge in [0.1, 0.15) is 0 Å². The summed E-state index contributed by atoms with van der Waals surface area (Å²) in [7, 11) is 0. The fraction of sp³-hybridized carbons (Fsp3) is 0.0952. The predicted molar refractivity (Wildman–Crippen MR) is 94.9 cm³/mol. The lowest BCUT2D eigenvalue weighted by molar-refractivity contribution is 0.0526. The normalized spacial score (nSPS) is 11.2. The van der Waals surface area contributed by atoms with Crippen LogP contribution in [0, 0.1) is 0 Å². The molecule has 0 fully saturated rings. The van der Waals surface area contributed by atoms with Gasteiger partial charge in [-0.1, -0.05) is 54.6 Å². The van der Waals surface area contributed by atoms with Gasteiger partial charge < -0.3 is 4.74 Å². The average molecular weight is 300 g/mol. The second-order valence-corrected chi connectivity index (χ2v) is 5.60. The minimum absolute atomic E-state index is 0.270. The van der Waals surface area contributed by atoms with E-state index in [1.54, 1.807) is 0 Å². The molecule has 0 bridgehead atoms. The molecule has 0 N–H and O–H groups in total. The molecule has 0 heterocycles. The number of hydrogen-bond acceptors (Lipinski definition) is 2. The van der Waals surface area contributed by atoms with Gasteiger partial charge in [0.2, 0.25) is 0 Å². The maximum atomic E-state index is 11.9.